The third-order valence-corrected chi connectivity index (χ3v) is 3.05. The van der Waals surface area contributed by atoms with Crippen LogP contribution in [0.3, 0.4) is 0 Å². The number of rotatable bonds is 3. The summed E-state index contributed by atoms with van der Waals surface area (Å²) in [4.78, 5) is 14.4. The zero-order valence-corrected chi connectivity index (χ0v) is 11.7. The van der Waals surface area contributed by atoms with Crippen LogP contribution >= 0.6 is 11.6 Å². The van der Waals surface area contributed by atoms with Crippen molar-refractivity contribution in [3.8, 4) is 12.0 Å². The molecular weight excluding hydrogens is 276 g/mol. The van der Waals surface area contributed by atoms with Crippen LogP contribution in [-0.2, 0) is 4.74 Å². The van der Waals surface area contributed by atoms with Crippen molar-refractivity contribution in [3.63, 3.8) is 0 Å². The highest BCUT2D eigenvalue weighted by molar-refractivity contribution is 6.20. The van der Waals surface area contributed by atoms with Crippen LogP contribution < -0.4 is 9.47 Å². The first-order valence-electron chi connectivity index (χ1n) is 5.45. The largest absolute Gasteiger partial charge is 0.467 e. The smallest absolute Gasteiger partial charge is 0.322 e. The van der Waals surface area contributed by atoms with E-state index in [0.717, 1.165) is 6.54 Å². The van der Waals surface area contributed by atoms with Crippen molar-refractivity contribution in [1.82, 2.24) is 19.9 Å². The van der Waals surface area contributed by atoms with E-state index in [-0.39, 0.29) is 23.5 Å². The number of morpholine rings is 1. The number of aromatic nitrogens is 3. The Morgan fingerprint density at radius 1 is 1.21 bits per heavy atom. The Balaban J connectivity index is 0.00000180. The standard InChI is InChI=1S/C10H15ClN4O3.H2O/c1-15-4-5-18-7(11)6(15)8-12-9(16-2)14-10(13-8)17-3;/h6-7H,4-5H2,1-3H3;1H2. The fourth-order valence-electron chi connectivity index (χ4n) is 1.72. The lowest BCUT2D eigenvalue weighted by Crippen LogP contribution is -2.41. The maximum absolute atomic E-state index is 6.16. The molecule has 1 aromatic heterocycles. The van der Waals surface area contributed by atoms with Gasteiger partial charge in [-0.3, -0.25) is 4.90 Å². The Morgan fingerprint density at radius 2 is 1.79 bits per heavy atom. The van der Waals surface area contributed by atoms with E-state index < -0.39 is 5.56 Å². The van der Waals surface area contributed by atoms with E-state index >= 15 is 0 Å². The van der Waals surface area contributed by atoms with Gasteiger partial charge in [-0.25, -0.2) is 0 Å². The monoisotopic (exact) mass is 292 g/mol. The van der Waals surface area contributed by atoms with Crippen LogP contribution in [0.15, 0.2) is 0 Å². The molecule has 9 heteroatoms. The highest BCUT2D eigenvalue weighted by Gasteiger charge is 2.33. The van der Waals surface area contributed by atoms with E-state index in [1.807, 2.05) is 11.9 Å². The highest BCUT2D eigenvalue weighted by Crippen LogP contribution is 2.29. The predicted molar refractivity (Wildman–Crippen MR) is 67.5 cm³/mol. The minimum Gasteiger partial charge on any atom is -0.467 e. The van der Waals surface area contributed by atoms with Gasteiger partial charge in [0.05, 0.1) is 20.8 Å². The molecule has 2 atom stereocenters. The average molecular weight is 293 g/mol. The summed E-state index contributed by atoms with van der Waals surface area (Å²) in [5.41, 5.74) is -0.513. The van der Waals surface area contributed by atoms with Crippen LogP contribution in [0.1, 0.15) is 11.9 Å². The van der Waals surface area contributed by atoms with Gasteiger partial charge in [-0.05, 0) is 7.05 Å². The lowest BCUT2D eigenvalue weighted by Gasteiger charge is -2.34. The van der Waals surface area contributed by atoms with Crippen molar-refractivity contribution in [3.05, 3.63) is 5.82 Å². The molecule has 0 aromatic carbocycles. The molecule has 0 amide bonds. The molecule has 108 valence electrons. The van der Waals surface area contributed by atoms with E-state index in [0.29, 0.717) is 12.4 Å². The van der Waals surface area contributed by atoms with Gasteiger partial charge < -0.3 is 19.7 Å². The first kappa shape index (κ1) is 15.8. The van der Waals surface area contributed by atoms with Crippen molar-refractivity contribution in [2.45, 2.75) is 11.6 Å². The third kappa shape index (κ3) is 3.41. The molecule has 2 heterocycles. The first-order valence-corrected chi connectivity index (χ1v) is 5.89. The fraction of sp³-hybridized carbons (Fsp3) is 0.700. The second-order valence-corrected chi connectivity index (χ2v) is 4.24. The molecule has 19 heavy (non-hydrogen) atoms. The summed E-state index contributed by atoms with van der Waals surface area (Å²) in [6.45, 7) is 1.34. The van der Waals surface area contributed by atoms with Crippen molar-refractivity contribution in [2.24, 2.45) is 0 Å². The van der Waals surface area contributed by atoms with Gasteiger partial charge in [-0.2, -0.15) is 9.97 Å². The lowest BCUT2D eigenvalue weighted by molar-refractivity contribution is -0.0234. The molecule has 2 rings (SSSR count). The number of likely N-dealkylation sites (N-methyl/N-ethyl adjacent to an activating group) is 1. The lowest BCUT2D eigenvalue weighted by atomic mass is 10.2. The summed E-state index contributed by atoms with van der Waals surface area (Å²) in [7, 11) is 4.90. The van der Waals surface area contributed by atoms with Crippen LogP contribution in [0, 0.1) is 0 Å². The van der Waals surface area contributed by atoms with Crippen molar-refractivity contribution < 1.29 is 19.7 Å². The fourth-order valence-corrected chi connectivity index (χ4v) is 2.12. The molecule has 8 nitrogen and oxygen atoms in total. The molecule has 0 spiro atoms. The van der Waals surface area contributed by atoms with Gasteiger partial charge >= 0.3 is 12.0 Å². The Morgan fingerprint density at radius 3 is 2.26 bits per heavy atom. The van der Waals surface area contributed by atoms with Gasteiger partial charge in [0.1, 0.15) is 6.04 Å². The Kier molecular flexibility index (Phi) is 5.67. The number of methoxy groups -OCH3 is 2. The van der Waals surface area contributed by atoms with E-state index in [1.165, 1.54) is 14.2 Å². The number of hydrogen-bond acceptors (Lipinski definition) is 7. The van der Waals surface area contributed by atoms with Crippen molar-refractivity contribution >= 4 is 11.6 Å². The summed E-state index contributed by atoms with van der Waals surface area (Å²) in [6.07, 6.45) is 0. The average Bonchev–Trinajstić information content (AvgIpc) is 2.38. The topological polar surface area (TPSA) is 101 Å². The molecule has 2 unspecified atom stereocenters. The van der Waals surface area contributed by atoms with E-state index in [1.54, 1.807) is 0 Å². The second kappa shape index (κ2) is 6.80. The SMILES string of the molecule is COc1nc(OC)nc(C2C(Cl)OCCN2C)n1.O. The maximum atomic E-state index is 6.16. The molecule has 1 aliphatic heterocycles. The van der Waals surface area contributed by atoms with Gasteiger partial charge in [0.25, 0.3) is 0 Å². The van der Waals surface area contributed by atoms with Crippen LogP contribution in [0.2, 0.25) is 0 Å². The van der Waals surface area contributed by atoms with Crippen LogP contribution in [0.5, 0.6) is 12.0 Å². The third-order valence-electron chi connectivity index (χ3n) is 2.69. The van der Waals surface area contributed by atoms with Gasteiger partial charge in [0, 0.05) is 6.54 Å². The molecule has 0 bridgehead atoms. The summed E-state index contributed by atoms with van der Waals surface area (Å²) in [5.74, 6) is 0.473. The Labute approximate surface area is 116 Å². The Hall–Kier alpha value is -1.22. The summed E-state index contributed by atoms with van der Waals surface area (Å²) in [5, 5.41) is 0. The maximum Gasteiger partial charge on any atom is 0.322 e. The molecule has 1 fully saturated rings. The van der Waals surface area contributed by atoms with Crippen LogP contribution in [-0.4, -0.2) is 65.3 Å². The molecule has 0 aliphatic carbocycles. The molecular formula is C10H17ClN4O4. The van der Waals surface area contributed by atoms with Gasteiger partial charge in [0.15, 0.2) is 11.4 Å². The zero-order valence-electron chi connectivity index (χ0n) is 11.0. The number of halogens is 1. The van der Waals surface area contributed by atoms with E-state index in [4.69, 9.17) is 25.8 Å². The summed E-state index contributed by atoms with van der Waals surface area (Å²) < 4.78 is 15.4. The Bertz CT molecular complexity index is 390. The first-order chi connectivity index (χ1) is 8.65. The minimum atomic E-state index is -0.513. The minimum absolute atomic E-state index is 0. The van der Waals surface area contributed by atoms with Gasteiger partial charge in [0.2, 0.25) is 0 Å². The van der Waals surface area contributed by atoms with Crippen molar-refractivity contribution in [1.29, 1.82) is 0 Å². The van der Waals surface area contributed by atoms with E-state index in [9.17, 15) is 0 Å². The van der Waals surface area contributed by atoms with Gasteiger partial charge in [-0.15, -0.1) is 4.98 Å². The van der Waals surface area contributed by atoms with Crippen LogP contribution in [0.4, 0.5) is 0 Å². The summed E-state index contributed by atoms with van der Waals surface area (Å²) >= 11 is 6.16. The molecule has 1 aromatic rings. The number of nitrogens with zero attached hydrogens (tertiary/aromatic N) is 4. The van der Waals surface area contributed by atoms with Crippen LogP contribution in [0.25, 0.3) is 0 Å². The number of hydrogen-bond donors (Lipinski definition) is 0. The highest BCUT2D eigenvalue weighted by atomic mass is 35.5. The predicted octanol–water partition coefficient (Wildman–Crippen LogP) is -0.368. The molecule has 1 aliphatic rings. The number of ether oxygens (including phenoxy) is 3. The normalized spacial score (nSPS) is 23.6. The summed E-state index contributed by atoms with van der Waals surface area (Å²) in [6, 6.07) is 0.130. The quantitative estimate of drug-likeness (QED) is 0.701. The number of alkyl halides is 1. The van der Waals surface area contributed by atoms with Gasteiger partial charge in [-0.1, -0.05) is 11.6 Å². The molecule has 0 saturated carbocycles. The van der Waals surface area contributed by atoms with Crippen molar-refractivity contribution in [2.75, 3.05) is 34.4 Å². The molecule has 0 radical (unpaired) electrons. The second-order valence-electron chi connectivity index (χ2n) is 3.81. The molecule has 2 N–H and O–H groups in total. The van der Waals surface area contributed by atoms with E-state index in [2.05, 4.69) is 15.0 Å². The zero-order chi connectivity index (χ0) is 13.1. The molecule has 1 saturated heterocycles.